The minimum absolute atomic E-state index is 0.416. The zero-order valence-electron chi connectivity index (χ0n) is 13.2. The molecule has 2 heterocycles. The number of benzene rings is 2. The number of carbonyl (C=O) groups excluding carboxylic acids is 1. The summed E-state index contributed by atoms with van der Waals surface area (Å²) in [7, 11) is 0. The third-order valence-electron chi connectivity index (χ3n) is 4.09. The van der Waals surface area contributed by atoms with E-state index in [-0.39, 0.29) is 0 Å². The average Bonchev–Trinajstić information content (AvgIpc) is 3.08. The normalized spacial score (nSPS) is 15.3. The largest absolute Gasteiger partial charge is 0.438 e. The maximum absolute atomic E-state index is 11.6. The van der Waals surface area contributed by atoms with Crippen molar-refractivity contribution in [3.63, 3.8) is 0 Å². The molecule has 1 amide bonds. The van der Waals surface area contributed by atoms with Gasteiger partial charge in [-0.25, -0.2) is 9.78 Å². The zero-order chi connectivity index (χ0) is 16.7. The van der Waals surface area contributed by atoms with Crippen LogP contribution in [0, 0.1) is 0 Å². The molecule has 0 aliphatic carbocycles. The smallest absolute Gasteiger partial charge is 0.412 e. The molecule has 0 saturated carbocycles. The van der Waals surface area contributed by atoms with E-state index in [0.717, 1.165) is 33.8 Å². The summed E-state index contributed by atoms with van der Waals surface area (Å²) in [6.45, 7) is 3.79. The Bertz CT molecular complexity index is 903. The summed E-state index contributed by atoms with van der Waals surface area (Å²) in [5.74, 6) is 0.745. The van der Waals surface area contributed by atoms with E-state index in [4.69, 9.17) is 4.74 Å². The number of carbonyl (C=O) groups is 1. The number of aromatic nitrogens is 2. The second-order valence-corrected chi connectivity index (χ2v) is 6.72. The van der Waals surface area contributed by atoms with Crippen LogP contribution in [0.5, 0.6) is 0 Å². The molecule has 1 N–H and O–H groups in total. The average molecular weight is 337 g/mol. The Kier molecular flexibility index (Phi) is 3.35. The van der Waals surface area contributed by atoms with Crippen LogP contribution in [0.25, 0.3) is 22.5 Å². The second-order valence-electron chi connectivity index (χ2n) is 6.12. The summed E-state index contributed by atoms with van der Waals surface area (Å²) in [4.78, 5) is 15.8. The number of fused-ring (bicyclic) bond motifs is 1. The highest BCUT2D eigenvalue weighted by molar-refractivity contribution is 7.03. The number of ether oxygens (including phenoxy) is 1. The Morgan fingerprint density at radius 1 is 1.04 bits per heavy atom. The molecular formula is C18H15N3O2S. The summed E-state index contributed by atoms with van der Waals surface area (Å²) in [5.41, 5.74) is 5.98. The first-order valence-corrected chi connectivity index (χ1v) is 8.38. The van der Waals surface area contributed by atoms with Crippen LogP contribution in [-0.2, 0) is 10.3 Å². The number of nitrogens with one attached hydrogen (secondary N) is 1. The van der Waals surface area contributed by atoms with Crippen molar-refractivity contribution in [3.8, 4) is 22.5 Å². The SMILES string of the molecule is CC1(C)OC(=O)Nc2ccc(-c3ccc(-c4ncsn4)cc3)cc21. The monoisotopic (exact) mass is 337 g/mol. The third-order valence-corrected chi connectivity index (χ3v) is 4.57. The van der Waals surface area contributed by atoms with E-state index in [1.165, 1.54) is 11.5 Å². The van der Waals surface area contributed by atoms with Gasteiger partial charge in [-0.3, -0.25) is 5.32 Å². The number of rotatable bonds is 2. The van der Waals surface area contributed by atoms with E-state index in [2.05, 4.69) is 20.7 Å². The minimum Gasteiger partial charge on any atom is -0.438 e. The maximum Gasteiger partial charge on any atom is 0.412 e. The minimum atomic E-state index is -0.655. The predicted octanol–water partition coefficient (Wildman–Crippen LogP) is 4.67. The van der Waals surface area contributed by atoms with E-state index in [1.54, 1.807) is 5.51 Å². The highest BCUT2D eigenvalue weighted by Crippen LogP contribution is 2.38. The second kappa shape index (κ2) is 5.42. The molecular weight excluding hydrogens is 322 g/mol. The van der Waals surface area contributed by atoms with Crippen LogP contribution in [0.4, 0.5) is 10.5 Å². The molecule has 0 bridgehead atoms. The molecule has 0 radical (unpaired) electrons. The molecule has 2 aromatic carbocycles. The van der Waals surface area contributed by atoms with E-state index in [9.17, 15) is 4.79 Å². The van der Waals surface area contributed by atoms with Crippen LogP contribution in [0.2, 0.25) is 0 Å². The van der Waals surface area contributed by atoms with Gasteiger partial charge >= 0.3 is 6.09 Å². The maximum atomic E-state index is 11.6. The lowest BCUT2D eigenvalue weighted by molar-refractivity contribution is 0.0421. The molecule has 1 aromatic heterocycles. The zero-order valence-corrected chi connectivity index (χ0v) is 14.1. The van der Waals surface area contributed by atoms with Crippen LogP contribution in [0.15, 0.2) is 48.0 Å². The van der Waals surface area contributed by atoms with Crippen molar-refractivity contribution in [3.05, 3.63) is 53.5 Å². The Morgan fingerprint density at radius 2 is 1.75 bits per heavy atom. The Morgan fingerprint density at radius 3 is 2.46 bits per heavy atom. The van der Waals surface area contributed by atoms with E-state index < -0.39 is 11.7 Å². The third kappa shape index (κ3) is 2.55. The molecule has 24 heavy (non-hydrogen) atoms. The van der Waals surface area contributed by atoms with Gasteiger partial charge in [-0.1, -0.05) is 30.3 Å². The van der Waals surface area contributed by atoms with Gasteiger partial charge in [-0.15, -0.1) is 0 Å². The van der Waals surface area contributed by atoms with Crippen molar-refractivity contribution >= 4 is 23.3 Å². The fourth-order valence-corrected chi connectivity index (χ4v) is 3.31. The molecule has 1 aliphatic rings. The molecule has 0 saturated heterocycles. The molecule has 0 fully saturated rings. The Balaban J connectivity index is 1.72. The van der Waals surface area contributed by atoms with Gasteiger partial charge in [-0.05, 0) is 48.6 Å². The standard InChI is InChI=1S/C18H15N3O2S/c1-18(2)14-9-13(7-8-15(14)20-17(22)23-18)11-3-5-12(6-4-11)16-19-10-24-21-16/h3-10H,1-2H3,(H,20,22). The summed E-state index contributed by atoms with van der Waals surface area (Å²) in [6, 6.07) is 14.1. The van der Waals surface area contributed by atoms with Crippen molar-refractivity contribution in [2.75, 3.05) is 5.32 Å². The van der Waals surface area contributed by atoms with Crippen molar-refractivity contribution < 1.29 is 9.53 Å². The number of amides is 1. The topological polar surface area (TPSA) is 64.1 Å². The first kappa shape index (κ1) is 14.8. The summed E-state index contributed by atoms with van der Waals surface area (Å²) < 4.78 is 9.64. The lowest BCUT2D eigenvalue weighted by Gasteiger charge is -2.32. The summed E-state index contributed by atoms with van der Waals surface area (Å²) >= 11 is 1.34. The van der Waals surface area contributed by atoms with Gasteiger partial charge in [0.2, 0.25) is 0 Å². The number of cyclic esters (lactones) is 1. The highest BCUT2D eigenvalue weighted by atomic mass is 32.1. The van der Waals surface area contributed by atoms with Crippen LogP contribution in [0.3, 0.4) is 0 Å². The lowest BCUT2D eigenvalue weighted by Crippen LogP contribution is -2.34. The quantitative estimate of drug-likeness (QED) is 0.738. The molecule has 3 aromatic rings. The Hall–Kier alpha value is -2.73. The predicted molar refractivity (Wildman–Crippen MR) is 93.9 cm³/mol. The van der Waals surface area contributed by atoms with Crippen molar-refractivity contribution in [2.45, 2.75) is 19.4 Å². The number of hydrogen-bond donors (Lipinski definition) is 1. The van der Waals surface area contributed by atoms with Gasteiger partial charge in [0.05, 0.1) is 5.69 Å². The van der Waals surface area contributed by atoms with Crippen LogP contribution >= 0.6 is 11.5 Å². The van der Waals surface area contributed by atoms with Gasteiger partial charge < -0.3 is 4.74 Å². The fourth-order valence-electron chi connectivity index (χ4n) is 2.86. The molecule has 6 heteroatoms. The Labute approximate surface area is 143 Å². The van der Waals surface area contributed by atoms with Gasteiger partial charge in [0.15, 0.2) is 5.82 Å². The number of nitrogens with zero attached hydrogens (tertiary/aromatic N) is 2. The molecule has 0 atom stereocenters. The molecule has 4 rings (SSSR count). The van der Waals surface area contributed by atoms with E-state index in [0.29, 0.717) is 0 Å². The van der Waals surface area contributed by atoms with Gasteiger partial charge in [0.1, 0.15) is 11.1 Å². The van der Waals surface area contributed by atoms with Gasteiger partial charge in [0, 0.05) is 11.1 Å². The molecule has 1 aliphatic heterocycles. The molecule has 0 spiro atoms. The van der Waals surface area contributed by atoms with Crippen molar-refractivity contribution in [1.82, 2.24) is 9.36 Å². The first-order valence-electron chi connectivity index (χ1n) is 7.55. The van der Waals surface area contributed by atoms with E-state index >= 15 is 0 Å². The van der Waals surface area contributed by atoms with Crippen molar-refractivity contribution in [2.24, 2.45) is 0 Å². The van der Waals surface area contributed by atoms with Crippen molar-refractivity contribution in [1.29, 1.82) is 0 Å². The molecule has 120 valence electrons. The van der Waals surface area contributed by atoms with Gasteiger partial charge in [0.25, 0.3) is 0 Å². The highest BCUT2D eigenvalue weighted by Gasteiger charge is 2.33. The fraction of sp³-hybridized carbons (Fsp3) is 0.167. The van der Waals surface area contributed by atoms with Crippen LogP contribution in [-0.4, -0.2) is 15.5 Å². The number of anilines is 1. The first-order chi connectivity index (χ1) is 11.5. The van der Waals surface area contributed by atoms with Gasteiger partial charge in [-0.2, -0.15) is 4.37 Å². The van der Waals surface area contributed by atoms with Crippen LogP contribution < -0.4 is 5.32 Å². The molecule has 5 nitrogen and oxygen atoms in total. The lowest BCUT2D eigenvalue weighted by atomic mass is 9.91. The summed E-state index contributed by atoms with van der Waals surface area (Å²) in [6.07, 6.45) is -0.416. The number of hydrogen-bond acceptors (Lipinski definition) is 5. The van der Waals surface area contributed by atoms with Crippen LogP contribution in [0.1, 0.15) is 19.4 Å². The summed E-state index contributed by atoms with van der Waals surface area (Å²) in [5, 5.41) is 2.75. The molecule has 0 unspecified atom stereocenters. The van der Waals surface area contributed by atoms with E-state index in [1.807, 2.05) is 50.2 Å².